The van der Waals surface area contributed by atoms with E-state index < -0.39 is 9.15 Å². The summed E-state index contributed by atoms with van der Waals surface area (Å²) in [5, 5.41) is 0.912. The average Bonchev–Trinajstić information content (AvgIpc) is 1.63. The molecule has 0 aliphatic carbocycles. The van der Waals surface area contributed by atoms with Gasteiger partial charge >= 0.3 is 29.6 Å². The van der Waals surface area contributed by atoms with E-state index in [-0.39, 0.29) is 40.4 Å². The molecule has 10 heavy (non-hydrogen) atoms. The number of hydrogen-bond donors (Lipinski definition) is 0. The summed E-state index contributed by atoms with van der Waals surface area (Å²) in [6, 6.07) is 0. The first-order valence-electron chi connectivity index (χ1n) is 1.80. The second kappa shape index (κ2) is 6.38. The third kappa shape index (κ3) is 11.5. The molecule has 0 N–H and O–H groups in total. The molecular formula is C3H3NaO4S2. The van der Waals surface area contributed by atoms with Crippen molar-refractivity contribution < 1.29 is 47.3 Å². The number of allylic oxidation sites excluding steroid dienone is 1. The number of rotatable bonds is 3. The molecule has 0 saturated heterocycles. The average molecular weight is 190 g/mol. The first-order valence-corrected chi connectivity index (χ1v) is 4.61. The molecule has 0 aromatic carbocycles. The minimum atomic E-state index is -4.28. The topological polar surface area (TPSA) is 74.3 Å². The molecule has 0 fully saturated rings. The van der Waals surface area contributed by atoms with Crippen LogP contribution in [0.1, 0.15) is 0 Å². The van der Waals surface area contributed by atoms with Crippen molar-refractivity contribution in [2.45, 2.75) is 0 Å². The SMILES string of the molecule is O=C/C=C\SS(=O)(=O)[O-].[Na+]. The number of carbonyl (C=O) groups excluding carboxylic acids is 1. The van der Waals surface area contributed by atoms with Crippen molar-refractivity contribution in [1.82, 2.24) is 0 Å². The molecule has 0 aliphatic heterocycles. The Labute approximate surface area is 84.5 Å². The van der Waals surface area contributed by atoms with Crippen molar-refractivity contribution >= 4 is 26.2 Å². The van der Waals surface area contributed by atoms with Crippen LogP contribution in [0.5, 0.6) is 0 Å². The van der Waals surface area contributed by atoms with Gasteiger partial charge in [-0.3, -0.25) is 4.79 Å². The van der Waals surface area contributed by atoms with Crippen LogP contribution in [-0.4, -0.2) is 19.3 Å². The van der Waals surface area contributed by atoms with Gasteiger partial charge in [-0.05, 0) is 22.3 Å². The summed E-state index contributed by atoms with van der Waals surface area (Å²) in [4.78, 5) is 9.49. The van der Waals surface area contributed by atoms with Crippen LogP contribution in [-0.2, 0) is 13.9 Å². The van der Waals surface area contributed by atoms with Gasteiger partial charge in [0, 0.05) is 0 Å². The van der Waals surface area contributed by atoms with Crippen LogP contribution < -0.4 is 29.6 Å². The zero-order valence-corrected chi connectivity index (χ0v) is 8.81. The summed E-state index contributed by atoms with van der Waals surface area (Å²) in [6.07, 6.45) is 1.32. The first kappa shape index (κ1) is 13.3. The van der Waals surface area contributed by atoms with E-state index in [1.165, 1.54) is 0 Å². The van der Waals surface area contributed by atoms with Gasteiger partial charge in [0.1, 0.15) is 6.29 Å². The Bertz CT molecular complexity index is 207. The Hall–Kier alpha value is 0.670. The molecule has 52 valence electrons. The van der Waals surface area contributed by atoms with Crippen LogP contribution >= 0.6 is 10.8 Å². The zero-order chi connectivity index (χ0) is 7.33. The summed E-state index contributed by atoms with van der Waals surface area (Å²) < 4.78 is 29.2. The van der Waals surface area contributed by atoms with Crippen LogP contribution in [0.25, 0.3) is 0 Å². The molecule has 0 heterocycles. The molecule has 0 bridgehead atoms. The molecule has 0 amide bonds. The Morgan fingerprint density at radius 1 is 1.40 bits per heavy atom. The fourth-order valence-corrected chi connectivity index (χ4v) is 0.997. The Kier molecular flexibility index (Phi) is 8.47. The maximum atomic E-state index is 9.75. The predicted octanol–water partition coefficient (Wildman–Crippen LogP) is -3.10. The molecule has 0 aromatic heterocycles. The van der Waals surface area contributed by atoms with E-state index in [0.717, 1.165) is 11.5 Å². The summed E-state index contributed by atoms with van der Waals surface area (Å²) in [6.45, 7) is 0. The van der Waals surface area contributed by atoms with E-state index >= 15 is 0 Å². The minimum absolute atomic E-state index is 0. The third-order valence-electron chi connectivity index (χ3n) is 0.331. The van der Waals surface area contributed by atoms with Gasteiger partial charge in [0.15, 0.2) is 9.15 Å². The van der Waals surface area contributed by atoms with Gasteiger partial charge in [-0.2, -0.15) is 0 Å². The maximum absolute atomic E-state index is 9.75. The van der Waals surface area contributed by atoms with Crippen LogP contribution in [0.3, 0.4) is 0 Å². The summed E-state index contributed by atoms with van der Waals surface area (Å²) in [5.74, 6) is 0. The van der Waals surface area contributed by atoms with Crippen molar-refractivity contribution in [2.75, 3.05) is 0 Å². The van der Waals surface area contributed by atoms with E-state index in [4.69, 9.17) is 0 Å². The summed E-state index contributed by atoms with van der Waals surface area (Å²) >= 11 is 0. The van der Waals surface area contributed by atoms with Gasteiger partial charge in [-0.1, -0.05) is 0 Å². The number of aldehydes is 1. The van der Waals surface area contributed by atoms with Crippen molar-refractivity contribution in [2.24, 2.45) is 0 Å². The normalized spacial score (nSPS) is 10.9. The van der Waals surface area contributed by atoms with Gasteiger partial charge in [-0.25, -0.2) is 8.42 Å². The Morgan fingerprint density at radius 2 is 1.90 bits per heavy atom. The smallest absolute Gasteiger partial charge is 0.739 e. The second-order valence-electron chi connectivity index (χ2n) is 0.969. The largest absolute Gasteiger partial charge is 1.00 e. The van der Waals surface area contributed by atoms with Crippen LogP contribution in [0.4, 0.5) is 0 Å². The van der Waals surface area contributed by atoms with E-state index in [0.29, 0.717) is 6.29 Å². The van der Waals surface area contributed by atoms with Crippen LogP contribution in [0.15, 0.2) is 11.5 Å². The molecule has 0 radical (unpaired) electrons. The molecule has 0 atom stereocenters. The third-order valence-corrected chi connectivity index (χ3v) is 1.87. The molecule has 4 nitrogen and oxygen atoms in total. The van der Waals surface area contributed by atoms with E-state index in [2.05, 4.69) is 0 Å². The van der Waals surface area contributed by atoms with Crippen LogP contribution in [0, 0.1) is 0 Å². The standard InChI is InChI=1S/C3H4O4S2.Na/c4-2-1-3-8-9(5,6)7;/h1-3H,(H,5,6,7);/q;+1/p-1/b3-1-;. The van der Waals surface area contributed by atoms with E-state index in [9.17, 15) is 17.8 Å². The van der Waals surface area contributed by atoms with Crippen LogP contribution in [0.2, 0.25) is 0 Å². The van der Waals surface area contributed by atoms with Gasteiger partial charge < -0.3 is 4.55 Å². The quantitative estimate of drug-likeness (QED) is 0.155. The summed E-state index contributed by atoms with van der Waals surface area (Å²) in [5.41, 5.74) is 0. The first-order chi connectivity index (χ1) is 4.06. The fraction of sp³-hybridized carbons (Fsp3) is 0. The Balaban J connectivity index is 0. The van der Waals surface area contributed by atoms with Gasteiger partial charge in [0.05, 0.1) is 0 Å². The van der Waals surface area contributed by atoms with E-state index in [1.54, 1.807) is 0 Å². The molecule has 7 heteroatoms. The zero-order valence-electron chi connectivity index (χ0n) is 5.18. The second-order valence-corrected chi connectivity index (χ2v) is 4.05. The Morgan fingerprint density at radius 3 is 2.20 bits per heavy atom. The van der Waals surface area contributed by atoms with E-state index in [1.807, 2.05) is 0 Å². The van der Waals surface area contributed by atoms with Crippen molar-refractivity contribution in [3.8, 4) is 0 Å². The molecule has 0 rings (SSSR count). The van der Waals surface area contributed by atoms with Gasteiger partial charge in [0.2, 0.25) is 0 Å². The van der Waals surface area contributed by atoms with Crippen molar-refractivity contribution in [3.63, 3.8) is 0 Å². The molecule has 0 unspecified atom stereocenters. The molecule has 0 saturated carbocycles. The summed E-state index contributed by atoms with van der Waals surface area (Å²) in [7, 11) is -4.21. The molecule has 0 spiro atoms. The number of carbonyl (C=O) groups is 1. The minimum Gasteiger partial charge on any atom is -0.739 e. The van der Waals surface area contributed by atoms with Crippen molar-refractivity contribution in [1.29, 1.82) is 0 Å². The molecule has 0 aromatic rings. The molecule has 0 aliphatic rings. The monoisotopic (exact) mass is 190 g/mol. The van der Waals surface area contributed by atoms with Gasteiger partial charge in [-0.15, -0.1) is 0 Å². The van der Waals surface area contributed by atoms with Gasteiger partial charge in [0.25, 0.3) is 0 Å². The molecular weight excluding hydrogens is 187 g/mol. The fourth-order valence-electron chi connectivity index (χ4n) is 0.132. The predicted molar refractivity (Wildman–Crippen MR) is 32.5 cm³/mol. The van der Waals surface area contributed by atoms with Crippen molar-refractivity contribution in [3.05, 3.63) is 11.5 Å². The number of hydrogen-bond acceptors (Lipinski definition) is 5. The maximum Gasteiger partial charge on any atom is 1.00 e.